The Morgan fingerprint density at radius 1 is 0.923 bits per heavy atom. The molecule has 5 rings (SSSR count). The second kappa shape index (κ2) is 13.5. The van der Waals surface area contributed by atoms with E-state index >= 15 is 4.39 Å². The number of alkyl halides is 9. The number of rotatable bonds is 8. The molecule has 3 aromatic carbocycles. The number of halogens is 10. The molecule has 1 N–H and O–H groups in total. The Morgan fingerprint density at radius 3 is 2.17 bits per heavy atom. The van der Waals surface area contributed by atoms with Crippen LogP contribution in [0.4, 0.5) is 48.7 Å². The highest BCUT2D eigenvalue weighted by molar-refractivity contribution is 5.89. The van der Waals surface area contributed by atoms with Crippen LogP contribution >= 0.6 is 0 Å². The van der Waals surface area contributed by atoms with Crippen LogP contribution in [0.2, 0.25) is 0 Å². The SMILES string of the molecule is C=C(/C=C(\C=C\C(F)(F)F)C(F)(F)F)[C@H]1OC(=O)N2C1C=C[C@H]2c1cc(C(F)(F)F)ccc1-c1cc(-c2ccc(C(=O)O)cc2C)c(F)cc1OC. The summed E-state index contributed by atoms with van der Waals surface area (Å²) >= 11 is 0. The van der Waals surface area contributed by atoms with Crippen molar-refractivity contribution in [3.63, 3.8) is 0 Å². The summed E-state index contributed by atoms with van der Waals surface area (Å²) in [7, 11) is 1.18. The Balaban J connectivity index is 1.61. The third kappa shape index (κ3) is 7.55. The van der Waals surface area contributed by atoms with Gasteiger partial charge < -0.3 is 14.6 Å². The Hall–Kier alpha value is -5.54. The van der Waals surface area contributed by atoms with Crippen LogP contribution in [0.25, 0.3) is 22.3 Å². The zero-order valence-corrected chi connectivity index (χ0v) is 26.8. The van der Waals surface area contributed by atoms with Crippen molar-refractivity contribution in [2.24, 2.45) is 0 Å². The summed E-state index contributed by atoms with van der Waals surface area (Å²) in [6.45, 7) is 5.00. The lowest BCUT2D eigenvalue weighted by molar-refractivity contribution is -0.137. The van der Waals surface area contributed by atoms with Gasteiger partial charge in [-0.15, -0.1) is 0 Å². The monoisotopic (exact) mass is 741 g/mol. The van der Waals surface area contributed by atoms with E-state index in [4.69, 9.17) is 9.47 Å². The van der Waals surface area contributed by atoms with Gasteiger partial charge >= 0.3 is 30.6 Å². The first kappa shape index (κ1) is 37.7. The maximum Gasteiger partial charge on any atom is 0.416 e. The summed E-state index contributed by atoms with van der Waals surface area (Å²) in [6.07, 6.45) is -16.0. The molecule has 1 unspecified atom stereocenters. The lowest BCUT2D eigenvalue weighted by atomic mass is 9.89. The van der Waals surface area contributed by atoms with Crippen LogP contribution in [-0.4, -0.2) is 53.7 Å². The molecule has 1 amide bonds. The van der Waals surface area contributed by atoms with Crippen LogP contribution < -0.4 is 4.74 Å². The summed E-state index contributed by atoms with van der Waals surface area (Å²) in [6, 6.07) is 6.12. The number of carboxylic acid groups (broad SMARTS) is 1. The van der Waals surface area contributed by atoms with E-state index in [0.29, 0.717) is 5.56 Å². The van der Waals surface area contributed by atoms with Gasteiger partial charge in [0.1, 0.15) is 11.6 Å². The van der Waals surface area contributed by atoms with Crippen molar-refractivity contribution in [1.29, 1.82) is 0 Å². The molecule has 0 bridgehead atoms. The highest BCUT2D eigenvalue weighted by Crippen LogP contribution is 2.47. The van der Waals surface area contributed by atoms with Crippen molar-refractivity contribution in [3.05, 3.63) is 125 Å². The molecular weight excluding hydrogens is 716 g/mol. The Kier molecular flexibility index (Phi) is 9.82. The first-order chi connectivity index (χ1) is 24.1. The van der Waals surface area contributed by atoms with Crippen LogP contribution in [0.3, 0.4) is 0 Å². The molecule has 3 atom stereocenters. The van der Waals surface area contributed by atoms with E-state index < -0.39 is 77.4 Å². The molecule has 0 saturated carbocycles. The van der Waals surface area contributed by atoms with Crippen molar-refractivity contribution in [1.82, 2.24) is 4.90 Å². The number of fused-ring (bicyclic) bond motifs is 1. The molecule has 3 aromatic rings. The molecule has 0 aliphatic carbocycles. The minimum absolute atomic E-state index is 0.0211. The van der Waals surface area contributed by atoms with E-state index in [1.807, 2.05) is 0 Å². The molecule has 2 aliphatic rings. The van der Waals surface area contributed by atoms with Gasteiger partial charge in [-0.25, -0.2) is 14.0 Å². The van der Waals surface area contributed by atoms with E-state index in [-0.39, 0.29) is 51.3 Å². The lowest BCUT2D eigenvalue weighted by Gasteiger charge is -2.26. The molecule has 0 aromatic heterocycles. The number of carbonyl (C=O) groups is 2. The van der Waals surface area contributed by atoms with Gasteiger partial charge in [-0.05, 0) is 77.2 Å². The number of nitrogens with zero attached hydrogens (tertiary/aromatic N) is 1. The number of hydrogen-bond acceptors (Lipinski definition) is 4. The van der Waals surface area contributed by atoms with Gasteiger partial charge in [0.25, 0.3) is 0 Å². The van der Waals surface area contributed by atoms with Crippen molar-refractivity contribution in [2.75, 3.05) is 7.11 Å². The number of allylic oxidation sites excluding steroid dienone is 3. The quantitative estimate of drug-likeness (QED) is 0.141. The first-order valence-corrected chi connectivity index (χ1v) is 14.9. The van der Waals surface area contributed by atoms with Crippen LogP contribution in [0.5, 0.6) is 5.75 Å². The second-order valence-corrected chi connectivity index (χ2v) is 11.7. The number of benzene rings is 3. The smallest absolute Gasteiger partial charge is 0.416 e. The predicted octanol–water partition coefficient (Wildman–Crippen LogP) is 10.2. The van der Waals surface area contributed by atoms with Gasteiger partial charge in [-0.2, -0.15) is 39.5 Å². The molecule has 0 spiro atoms. The maximum absolute atomic E-state index is 15.5. The summed E-state index contributed by atoms with van der Waals surface area (Å²) < 4.78 is 147. The van der Waals surface area contributed by atoms with E-state index in [2.05, 4.69) is 6.58 Å². The molecule has 52 heavy (non-hydrogen) atoms. The minimum Gasteiger partial charge on any atom is -0.496 e. The van der Waals surface area contributed by atoms with E-state index in [1.165, 1.54) is 50.5 Å². The molecule has 6 nitrogen and oxygen atoms in total. The van der Waals surface area contributed by atoms with Gasteiger partial charge in [0, 0.05) is 23.3 Å². The Bertz CT molecular complexity index is 2040. The topological polar surface area (TPSA) is 76.1 Å². The molecule has 1 fully saturated rings. The van der Waals surface area contributed by atoms with Gasteiger partial charge in [0.15, 0.2) is 6.10 Å². The third-order valence-electron chi connectivity index (χ3n) is 8.39. The fourth-order valence-corrected chi connectivity index (χ4v) is 6.02. The predicted molar refractivity (Wildman–Crippen MR) is 167 cm³/mol. The number of ether oxygens (including phenoxy) is 2. The van der Waals surface area contributed by atoms with Gasteiger partial charge in [0.2, 0.25) is 0 Å². The lowest BCUT2D eigenvalue weighted by Crippen LogP contribution is -2.34. The third-order valence-corrected chi connectivity index (χ3v) is 8.39. The molecule has 2 heterocycles. The van der Waals surface area contributed by atoms with E-state index in [9.17, 15) is 54.2 Å². The highest BCUT2D eigenvalue weighted by atomic mass is 19.4. The first-order valence-electron chi connectivity index (χ1n) is 14.9. The fraction of sp³-hybridized carbons (Fsp3) is 0.222. The Labute approximate surface area is 288 Å². The van der Waals surface area contributed by atoms with Crippen molar-refractivity contribution in [3.8, 4) is 28.0 Å². The summed E-state index contributed by atoms with van der Waals surface area (Å²) in [5, 5.41) is 9.34. The van der Waals surface area contributed by atoms with Crippen molar-refractivity contribution in [2.45, 2.75) is 43.6 Å². The molecule has 2 aliphatic heterocycles. The van der Waals surface area contributed by atoms with Crippen LogP contribution in [0, 0.1) is 12.7 Å². The molecular formula is C36H25F10NO5. The average Bonchev–Trinajstić information content (AvgIpc) is 3.62. The van der Waals surface area contributed by atoms with Crippen molar-refractivity contribution >= 4 is 12.1 Å². The normalized spacial score (nSPS) is 19.3. The molecule has 274 valence electrons. The largest absolute Gasteiger partial charge is 0.496 e. The zero-order chi connectivity index (χ0) is 38.5. The second-order valence-electron chi connectivity index (χ2n) is 11.7. The molecule has 16 heteroatoms. The Morgan fingerprint density at radius 2 is 1.60 bits per heavy atom. The van der Waals surface area contributed by atoms with Crippen molar-refractivity contribution < 1.29 is 68.1 Å². The highest BCUT2D eigenvalue weighted by Gasteiger charge is 2.49. The summed E-state index contributed by atoms with van der Waals surface area (Å²) in [5.74, 6) is -2.18. The fourth-order valence-electron chi connectivity index (χ4n) is 6.02. The van der Waals surface area contributed by atoms with Crippen LogP contribution in [0.15, 0.2) is 96.6 Å². The van der Waals surface area contributed by atoms with Gasteiger partial charge in [-0.3, -0.25) is 4.90 Å². The number of amides is 1. The van der Waals surface area contributed by atoms with E-state index in [1.54, 1.807) is 0 Å². The number of hydrogen-bond donors (Lipinski definition) is 1. The summed E-state index contributed by atoms with van der Waals surface area (Å²) in [5.41, 5.74) is -3.09. The average molecular weight is 742 g/mol. The number of methoxy groups -OCH3 is 1. The van der Waals surface area contributed by atoms with Gasteiger partial charge in [0.05, 0.1) is 35.9 Å². The number of carboxylic acids is 1. The standard InChI is InChI=1S/C36H25F10NO5/c1-17-12-19(32(48)49)4-6-22(17)24-15-26(30(51-3)16-27(24)37)23-7-5-20(35(41,42)43)14-25(23)28-8-9-29-31(52-33(50)47(28)29)18(2)13-21(36(44,45)46)10-11-34(38,39)40/h4-16,28-29,31H,2H2,1,3H3,(H,48,49)/b11-10+,21-13+/t28-,29?,31+/m0/s1. The molecule has 1 saturated heterocycles. The number of aromatic carboxylic acids is 1. The maximum atomic E-state index is 15.5. The van der Waals surface area contributed by atoms with Crippen LogP contribution in [0.1, 0.15) is 33.1 Å². The minimum atomic E-state index is -5.27. The summed E-state index contributed by atoms with van der Waals surface area (Å²) in [4.78, 5) is 25.6. The van der Waals surface area contributed by atoms with E-state index in [0.717, 1.165) is 29.2 Å². The van der Waals surface area contributed by atoms with Crippen LogP contribution in [-0.2, 0) is 10.9 Å². The number of aryl methyl sites for hydroxylation is 1. The zero-order valence-electron chi connectivity index (χ0n) is 26.8. The number of cyclic esters (lactones) is 1. The molecule has 0 radical (unpaired) electrons. The van der Waals surface area contributed by atoms with Gasteiger partial charge in [-0.1, -0.05) is 30.9 Å². The number of carbonyl (C=O) groups excluding carboxylic acids is 1.